The van der Waals surface area contributed by atoms with Crippen LogP contribution in [-0.2, 0) is 21.5 Å². The molecule has 0 spiro atoms. The number of benzene rings is 4. The van der Waals surface area contributed by atoms with Crippen molar-refractivity contribution >= 4 is 29.4 Å². The maximum absolute atomic E-state index is 12.8. The van der Waals surface area contributed by atoms with Crippen LogP contribution in [0, 0.1) is 6.92 Å². The zero-order valence-electron chi connectivity index (χ0n) is 24.9. The average molecular weight is 622 g/mol. The van der Waals surface area contributed by atoms with Gasteiger partial charge >= 0.3 is 12.1 Å². The van der Waals surface area contributed by atoms with Crippen molar-refractivity contribution in [3.05, 3.63) is 131 Å². The van der Waals surface area contributed by atoms with Gasteiger partial charge in [-0.1, -0.05) is 114 Å². The Hall–Kier alpha value is -4.92. The smallest absolute Gasteiger partial charge is 0.412 e. The van der Waals surface area contributed by atoms with Gasteiger partial charge in [0, 0.05) is 35.8 Å². The normalized spacial score (nSPS) is 14.7. The number of aliphatic carboxylic acids is 1. The molecule has 4 aromatic carbocycles. The first-order valence-electron chi connectivity index (χ1n) is 14.6. The van der Waals surface area contributed by atoms with Gasteiger partial charge in [0.25, 0.3) is 0 Å². The number of likely N-dealkylation sites (tertiary alicyclic amines) is 1. The Labute approximate surface area is 266 Å². The minimum Gasteiger partial charge on any atom is -0.481 e. The van der Waals surface area contributed by atoms with Gasteiger partial charge in [-0.2, -0.15) is 0 Å². The Balaban J connectivity index is 1.13. The highest BCUT2D eigenvalue weighted by molar-refractivity contribution is 6.31. The highest BCUT2D eigenvalue weighted by atomic mass is 35.5. The fourth-order valence-corrected chi connectivity index (χ4v) is 6.07. The second kappa shape index (κ2) is 12.6. The first-order valence-corrected chi connectivity index (χ1v) is 15.0. The summed E-state index contributed by atoms with van der Waals surface area (Å²) >= 11 is 6.25. The summed E-state index contributed by atoms with van der Waals surface area (Å²) in [5, 5.41) is 17.5. The fraction of sp³-hybridized carbons (Fsp3) is 0.194. The molecule has 0 bridgehead atoms. The van der Waals surface area contributed by atoms with Gasteiger partial charge in [0.05, 0.1) is 0 Å². The second-order valence-electron chi connectivity index (χ2n) is 11.3. The van der Waals surface area contributed by atoms with Crippen LogP contribution in [-0.4, -0.2) is 40.3 Å². The van der Waals surface area contributed by atoms with Crippen LogP contribution in [0.5, 0.6) is 0 Å². The highest BCUT2D eigenvalue weighted by Gasteiger charge is 2.50. The molecule has 1 saturated heterocycles. The number of carbonyl (C=O) groups excluding carboxylic acids is 1. The standard InChI is InChI=1S/C36H32ClN3O5/c1-23-32(38-35(43)44-24(2)30-10-6-7-11-31(30)37)33(45-39-23)28-14-12-26(13-15-28)27-16-18-29(19-17-27)36(34(41)42)21-40(22-36)20-25-8-4-3-5-9-25/h3-19,24H,20-22H2,1-2H3,(H,38,43)(H,41,42). The molecule has 1 aliphatic rings. The molecule has 0 aliphatic carbocycles. The topological polar surface area (TPSA) is 105 Å². The monoisotopic (exact) mass is 621 g/mol. The molecule has 1 fully saturated rings. The Kier molecular flexibility index (Phi) is 8.43. The van der Waals surface area contributed by atoms with E-state index in [0.29, 0.717) is 40.8 Å². The maximum atomic E-state index is 12.8. The third-order valence-corrected chi connectivity index (χ3v) is 8.62. The number of anilines is 1. The van der Waals surface area contributed by atoms with E-state index in [1.165, 1.54) is 5.56 Å². The number of nitrogens with one attached hydrogen (secondary N) is 1. The number of halogens is 1. The third kappa shape index (κ3) is 6.20. The number of hydrogen-bond acceptors (Lipinski definition) is 6. The molecule has 228 valence electrons. The lowest BCUT2D eigenvalue weighted by Crippen LogP contribution is -2.62. The zero-order chi connectivity index (χ0) is 31.6. The van der Waals surface area contributed by atoms with Crippen molar-refractivity contribution in [2.45, 2.75) is 31.9 Å². The van der Waals surface area contributed by atoms with Gasteiger partial charge in [-0.3, -0.25) is 15.0 Å². The molecule has 8 nitrogen and oxygen atoms in total. The predicted molar refractivity (Wildman–Crippen MR) is 173 cm³/mol. The minimum atomic E-state index is -0.920. The van der Waals surface area contributed by atoms with E-state index in [0.717, 1.165) is 28.8 Å². The van der Waals surface area contributed by atoms with E-state index in [-0.39, 0.29) is 0 Å². The average Bonchev–Trinajstić information content (AvgIpc) is 3.38. The van der Waals surface area contributed by atoms with Crippen molar-refractivity contribution in [3.63, 3.8) is 0 Å². The van der Waals surface area contributed by atoms with Crippen LogP contribution in [0.25, 0.3) is 22.5 Å². The molecule has 1 amide bonds. The highest BCUT2D eigenvalue weighted by Crippen LogP contribution is 2.38. The number of carboxylic acid groups (broad SMARTS) is 1. The lowest BCUT2D eigenvalue weighted by atomic mass is 9.73. The summed E-state index contributed by atoms with van der Waals surface area (Å²) in [5.74, 6) is -0.400. The molecular weight excluding hydrogens is 590 g/mol. The molecular formula is C36H32ClN3O5. The van der Waals surface area contributed by atoms with Crippen molar-refractivity contribution in [2.75, 3.05) is 18.4 Å². The SMILES string of the molecule is Cc1noc(-c2ccc(-c3ccc(C4(C(=O)O)CN(Cc5ccccc5)C4)cc3)cc2)c1NC(=O)OC(C)c1ccccc1Cl. The number of ether oxygens (including phenoxy) is 1. The lowest BCUT2D eigenvalue weighted by molar-refractivity contribution is -0.151. The molecule has 2 N–H and O–H groups in total. The van der Waals surface area contributed by atoms with Crippen molar-refractivity contribution in [2.24, 2.45) is 0 Å². The second-order valence-corrected chi connectivity index (χ2v) is 11.7. The summed E-state index contributed by atoms with van der Waals surface area (Å²) in [6.07, 6.45) is -1.21. The number of carbonyl (C=O) groups is 2. The van der Waals surface area contributed by atoms with Crippen LogP contribution in [0.1, 0.15) is 35.4 Å². The Morgan fingerprint density at radius 3 is 2.18 bits per heavy atom. The third-order valence-electron chi connectivity index (χ3n) is 8.28. The molecule has 6 rings (SSSR count). The number of carboxylic acids is 1. The van der Waals surface area contributed by atoms with E-state index in [9.17, 15) is 14.7 Å². The number of amides is 1. The van der Waals surface area contributed by atoms with E-state index < -0.39 is 23.6 Å². The van der Waals surface area contributed by atoms with Crippen LogP contribution in [0.15, 0.2) is 108 Å². The molecule has 0 saturated carbocycles. The first kappa shape index (κ1) is 30.1. The summed E-state index contributed by atoms with van der Waals surface area (Å²) in [6, 6.07) is 32.7. The van der Waals surface area contributed by atoms with Gasteiger partial charge in [0.1, 0.15) is 22.9 Å². The Bertz CT molecular complexity index is 1810. The van der Waals surface area contributed by atoms with Gasteiger partial charge in [-0.15, -0.1) is 0 Å². The van der Waals surface area contributed by atoms with E-state index in [2.05, 4.69) is 27.5 Å². The van der Waals surface area contributed by atoms with Crippen LogP contribution in [0.4, 0.5) is 10.5 Å². The summed E-state index contributed by atoms with van der Waals surface area (Å²) in [6.45, 7) is 5.14. The van der Waals surface area contributed by atoms with E-state index in [1.807, 2.05) is 84.9 Å². The fourth-order valence-electron chi connectivity index (χ4n) is 5.78. The molecule has 0 radical (unpaired) electrons. The largest absolute Gasteiger partial charge is 0.481 e. The molecule has 5 aromatic rings. The molecule has 1 aliphatic heterocycles. The van der Waals surface area contributed by atoms with Gasteiger partial charge in [-0.25, -0.2) is 4.79 Å². The van der Waals surface area contributed by atoms with Crippen LogP contribution in [0.3, 0.4) is 0 Å². The number of aryl methyl sites for hydroxylation is 1. The molecule has 1 atom stereocenters. The summed E-state index contributed by atoms with van der Waals surface area (Å²) in [4.78, 5) is 27.3. The van der Waals surface area contributed by atoms with Crippen LogP contribution >= 0.6 is 11.6 Å². The molecule has 2 heterocycles. The molecule has 1 aromatic heterocycles. The molecule has 45 heavy (non-hydrogen) atoms. The minimum absolute atomic E-state index is 0.408. The van der Waals surface area contributed by atoms with Gasteiger partial charge in [-0.05, 0) is 42.2 Å². The molecule has 1 unspecified atom stereocenters. The number of hydrogen-bond donors (Lipinski definition) is 2. The Morgan fingerprint density at radius 1 is 0.933 bits per heavy atom. The summed E-state index contributed by atoms with van der Waals surface area (Å²) < 4.78 is 11.1. The number of nitrogens with zero attached hydrogens (tertiary/aromatic N) is 2. The van der Waals surface area contributed by atoms with E-state index in [4.69, 9.17) is 20.9 Å². The number of aromatic nitrogens is 1. The van der Waals surface area contributed by atoms with Crippen LogP contribution in [0.2, 0.25) is 5.02 Å². The zero-order valence-corrected chi connectivity index (χ0v) is 25.6. The van der Waals surface area contributed by atoms with Crippen molar-refractivity contribution in [3.8, 4) is 22.5 Å². The number of rotatable bonds is 9. The van der Waals surface area contributed by atoms with Crippen LogP contribution < -0.4 is 5.32 Å². The summed E-state index contributed by atoms with van der Waals surface area (Å²) in [5.41, 5.74) is 5.31. The van der Waals surface area contributed by atoms with Crippen molar-refractivity contribution < 1.29 is 24.0 Å². The Morgan fingerprint density at radius 2 is 1.53 bits per heavy atom. The maximum Gasteiger partial charge on any atom is 0.412 e. The van der Waals surface area contributed by atoms with Crippen molar-refractivity contribution in [1.29, 1.82) is 0 Å². The first-order chi connectivity index (χ1) is 21.7. The van der Waals surface area contributed by atoms with Gasteiger partial charge in [0.15, 0.2) is 5.76 Å². The van der Waals surface area contributed by atoms with Gasteiger partial charge < -0.3 is 14.4 Å². The molecule has 9 heteroatoms. The van der Waals surface area contributed by atoms with E-state index in [1.54, 1.807) is 19.9 Å². The van der Waals surface area contributed by atoms with Crippen molar-refractivity contribution in [1.82, 2.24) is 10.1 Å². The van der Waals surface area contributed by atoms with Gasteiger partial charge in [0.2, 0.25) is 0 Å². The van der Waals surface area contributed by atoms with E-state index >= 15 is 0 Å². The summed E-state index contributed by atoms with van der Waals surface area (Å²) in [7, 11) is 0. The quantitative estimate of drug-likeness (QED) is 0.171. The predicted octanol–water partition coefficient (Wildman–Crippen LogP) is 8.12. The lowest BCUT2D eigenvalue weighted by Gasteiger charge is -2.47.